The predicted octanol–water partition coefficient (Wildman–Crippen LogP) is 2.22. The third-order valence-electron chi connectivity index (χ3n) is 2.74. The van der Waals surface area contributed by atoms with Crippen molar-refractivity contribution < 1.29 is 14.3 Å². The molecule has 0 fully saturated rings. The number of aromatic nitrogens is 1. The summed E-state index contributed by atoms with van der Waals surface area (Å²) < 4.78 is 5.46. The van der Waals surface area contributed by atoms with Gasteiger partial charge in [0.05, 0.1) is 12.8 Å². The van der Waals surface area contributed by atoms with Gasteiger partial charge in [0.15, 0.2) is 5.92 Å². The molecule has 0 aliphatic heterocycles. The van der Waals surface area contributed by atoms with Crippen LogP contribution in [0.4, 0.5) is 0 Å². The van der Waals surface area contributed by atoms with Crippen molar-refractivity contribution in [1.82, 2.24) is 4.98 Å². The number of aryl methyl sites for hydroxylation is 1. The Bertz CT molecular complexity index is 541. The van der Waals surface area contributed by atoms with Crippen molar-refractivity contribution in [3.05, 3.63) is 28.0 Å². The van der Waals surface area contributed by atoms with Gasteiger partial charge in [-0.1, -0.05) is 0 Å². The van der Waals surface area contributed by atoms with Crippen molar-refractivity contribution in [2.45, 2.75) is 13.8 Å². The predicted molar refractivity (Wildman–Crippen MR) is 75.5 cm³/mol. The molecular weight excluding hydrogens is 312 g/mol. The maximum atomic E-state index is 12.3. The van der Waals surface area contributed by atoms with E-state index in [1.54, 1.807) is 26.0 Å². The number of Topliss-reactive ketones (excluding diaryl/α,β-unsaturated/α-hetero) is 1. The Hall–Kier alpha value is -1.56. The van der Waals surface area contributed by atoms with Crippen LogP contribution >= 0.6 is 15.9 Å². The van der Waals surface area contributed by atoms with Crippen LogP contribution in [0.25, 0.3) is 0 Å². The van der Waals surface area contributed by atoms with E-state index in [4.69, 9.17) is 0 Å². The Morgan fingerprint density at radius 2 is 2.05 bits per heavy atom. The summed E-state index contributed by atoms with van der Waals surface area (Å²) in [6.07, 6.45) is 0. The van der Waals surface area contributed by atoms with Crippen LogP contribution < -0.4 is 0 Å². The van der Waals surface area contributed by atoms with E-state index in [0.717, 1.165) is 4.47 Å². The Morgan fingerprint density at radius 1 is 1.42 bits per heavy atom. The molecule has 0 radical (unpaired) electrons. The first-order chi connectivity index (χ1) is 8.92. The molecule has 1 aromatic rings. The number of esters is 1. The van der Waals surface area contributed by atoms with Gasteiger partial charge < -0.3 is 4.74 Å². The molecule has 102 valence electrons. The fraction of sp³-hybridized carbons (Fsp3) is 0.385. The first-order valence-electron chi connectivity index (χ1n) is 5.60. The number of ether oxygens (including phenoxy) is 1. The molecule has 0 saturated carbocycles. The third kappa shape index (κ3) is 3.47. The second-order valence-corrected chi connectivity index (χ2v) is 4.80. The van der Waals surface area contributed by atoms with E-state index in [-0.39, 0.29) is 5.69 Å². The van der Waals surface area contributed by atoms with Crippen molar-refractivity contribution in [2.75, 3.05) is 14.2 Å². The second-order valence-electron chi connectivity index (χ2n) is 3.95. The van der Waals surface area contributed by atoms with Gasteiger partial charge in [0, 0.05) is 17.2 Å². The van der Waals surface area contributed by atoms with E-state index in [2.05, 4.69) is 30.6 Å². The van der Waals surface area contributed by atoms with Gasteiger partial charge in [-0.15, -0.1) is 0 Å². The first kappa shape index (κ1) is 15.5. The maximum absolute atomic E-state index is 12.3. The van der Waals surface area contributed by atoms with Crippen molar-refractivity contribution in [3.8, 4) is 0 Å². The van der Waals surface area contributed by atoms with Crippen LogP contribution in [0.15, 0.2) is 21.6 Å². The Balaban J connectivity index is 3.19. The molecule has 0 spiro atoms. The number of carbonyl (C=O) groups is 2. The van der Waals surface area contributed by atoms with Crippen LogP contribution in [-0.4, -0.2) is 36.6 Å². The summed E-state index contributed by atoms with van der Waals surface area (Å²) in [6, 6.07) is 3.29. The molecule has 0 amide bonds. The van der Waals surface area contributed by atoms with Gasteiger partial charge in [-0.05, 0) is 41.9 Å². The number of rotatable bonds is 4. The van der Waals surface area contributed by atoms with Gasteiger partial charge in [0.25, 0.3) is 0 Å². The summed E-state index contributed by atoms with van der Waals surface area (Å²) in [7, 11) is 2.77. The Morgan fingerprint density at radius 3 is 2.53 bits per heavy atom. The number of aliphatic imine (C=N–C) groups is 1. The second kappa shape index (κ2) is 6.56. The molecule has 0 N–H and O–H groups in total. The van der Waals surface area contributed by atoms with Gasteiger partial charge >= 0.3 is 5.97 Å². The number of methoxy groups -OCH3 is 1. The molecule has 1 aromatic heterocycles. The number of hydrogen-bond donors (Lipinski definition) is 0. The summed E-state index contributed by atoms with van der Waals surface area (Å²) in [5, 5.41) is 0. The average Bonchev–Trinajstić information content (AvgIpc) is 2.41. The quantitative estimate of drug-likeness (QED) is 0.368. The van der Waals surface area contributed by atoms with Crippen LogP contribution in [0, 0.1) is 12.8 Å². The zero-order valence-corrected chi connectivity index (χ0v) is 12.8. The highest BCUT2D eigenvalue weighted by Crippen LogP contribution is 2.17. The molecule has 1 unspecified atom stereocenters. The number of hydrogen-bond acceptors (Lipinski definition) is 5. The molecule has 0 aliphatic carbocycles. The average molecular weight is 327 g/mol. The lowest BCUT2D eigenvalue weighted by Gasteiger charge is -2.13. The summed E-state index contributed by atoms with van der Waals surface area (Å²) in [6.45, 7) is 3.39. The van der Waals surface area contributed by atoms with E-state index in [1.165, 1.54) is 14.2 Å². The highest BCUT2D eigenvalue weighted by atomic mass is 79.9. The van der Waals surface area contributed by atoms with Crippen LogP contribution in [-0.2, 0) is 9.53 Å². The third-order valence-corrected chi connectivity index (χ3v) is 3.58. The van der Waals surface area contributed by atoms with E-state index in [0.29, 0.717) is 11.4 Å². The molecular formula is C13H15BrN2O3. The van der Waals surface area contributed by atoms with Crippen LogP contribution in [0.1, 0.15) is 23.1 Å². The van der Waals surface area contributed by atoms with E-state index < -0.39 is 17.7 Å². The Kier molecular flexibility index (Phi) is 5.35. The molecule has 6 heteroatoms. The minimum atomic E-state index is -1.04. The number of nitrogens with zero attached hydrogens (tertiary/aromatic N) is 2. The van der Waals surface area contributed by atoms with Gasteiger partial charge in [0.2, 0.25) is 5.78 Å². The first-order valence-corrected chi connectivity index (χ1v) is 6.40. The molecule has 1 atom stereocenters. The zero-order valence-electron chi connectivity index (χ0n) is 11.2. The van der Waals surface area contributed by atoms with Gasteiger partial charge in [-0.25, -0.2) is 4.98 Å². The highest BCUT2D eigenvalue weighted by molar-refractivity contribution is 9.10. The molecule has 19 heavy (non-hydrogen) atoms. The van der Waals surface area contributed by atoms with E-state index in [1.807, 2.05) is 0 Å². The largest absolute Gasteiger partial charge is 0.468 e. The van der Waals surface area contributed by atoms with Gasteiger partial charge in [0.1, 0.15) is 5.69 Å². The van der Waals surface area contributed by atoms with Crippen molar-refractivity contribution in [2.24, 2.45) is 10.9 Å². The minimum absolute atomic E-state index is 0.221. The summed E-state index contributed by atoms with van der Waals surface area (Å²) >= 11 is 3.31. The topological polar surface area (TPSA) is 68.6 Å². The molecule has 0 saturated heterocycles. The summed E-state index contributed by atoms with van der Waals surface area (Å²) in [5.41, 5.74) is 1.30. The monoisotopic (exact) mass is 326 g/mol. The minimum Gasteiger partial charge on any atom is -0.468 e. The zero-order chi connectivity index (χ0) is 14.6. The number of carbonyl (C=O) groups excluding carboxylic acids is 2. The van der Waals surface area contributed by atoms with E-state index >= 15 is 0 Å². The molecule has 1 heterocycles. The number of ketones is 1. The van der Waals surface area contributed by atoms with Crippen molar-refractivity contribution in [3.63, 3.8) is 0 Å². The lowest BCUT2D eigenvalue weighted by Crippen LogP contribution is -2.32. The van der Waals surface area contributed by atoms with Crippen LogP contribution in [0.3, 0.4) is 0 Å². The maximum Gasteiger partial charge on any atom is 0.322 e. The van der Waals surface area contributed by atoms with Gasteiger partial charge in [-0.2, -0.15) is 0 Å². The lowest BCUT2D eigenvalue weighted by atomic mass is 9.96. The molecule has 0 aliphatic rings. The SMILES string of the molecule is CN=C(C)C(C(=O)OC)C(=O)c1ccc(Br)c(C)n1. The molecule has 0 aromatic carbocycles. The normalized spacial score (nSPS) is 13.0. The Labute approximate surface area is 120 Å². The van der Waals surface area contributed by atoms with E-state index in [9.17, 15) is 9.59 Å². The van der Waals surface area contributed by atoms with Crippen LogP contribution in [0.2, 0.25) is 0 Å². The molecule has 5 nitrogen and oxygen atoms in total. The molecule has 1 rings (SSSR count). The summed E-state index contributed by atoms with van der Waals surface area (Å²) in [5.74, 6) is -2.08. The molecule has 0 bridgehead atoms. The number of halogens is 1. The smallest absolute Gasteiger partial charge is 0.322 e. The van der Waals surface area contributed by atoms with Crippen molar-refractivity contribution in [1.29, 1.82) is 0 Å². The lowest BCUT2D eigenvalue weighted by molar-refractivity contribution is -0.141. The van der Waals surface area contributed by atoms with Gasteiger partial charge in [-0.3, -0.25) is 14.6 Å². The summed E-state index contributed by atoms with van der Waals surface area (Å²) in [4.78, 5) is 32.1. The standard InChI is InChI=1S/C13H15BrN2O3/c1-7-9(14)5-6-10(16-7)12(17)11(8(2)15-3)13(18)19-4/h5-6,11H,1-4H3. The fourth-order valence-electron chi connectivity index (χ4n) is 1.54. The number of pyridine rings is 1. The fourth-order valence-corrected chi connectivity index (χ4v) is 1.76. The van der Waals surface area contributed by atoms with Crippen LogP contribution in [0.5, 0.6) is 0 Å². The highest BCUT2D eigenvalue weighted by Gasteiger charge is 2.32. The van der Waals surface area contributed by atoms with Crippen molar-refractivity contribution >= 4 is 33.4 Å².